The molecule has 3 N–H and O–H groups in total. The third kappa shape index (κ3) is 1.42. The van der Waals surface area contributed by atoms with Crippen LogP contribution in [0.1, 0.15) is 5.56 Å². The number of H-pyrrole nitrogens is 1. The summed E-state index contributed by atoms with van der Waals surface area (Å²) < 4.78 is 1.56. The number of nitrogen functional groups attached to an aromatic ring is 1. The summed E-state index contributed by atoms with van der Waals surface area (Å²) in [5.74, 6) is 0.416. The Balaban J connectivity index is 2.54. The van der Waals surface area contributed by atoms with E-state index < -0.39 is 0 Å². The van der Waals surface area contributed by atoms with E-state index in [9.17, 15) is 4.79 Å². The highest BCUT2D eigenvalue weighted by Crippen LogP contribution is 2.10. The van der Waals surface area contributed by atoms with Gasteiger partial charge in [0.15, 0.2) is 0 Å². The van der Waals surface area contributed by atoms with E-state index in [2.05, 4.69) is 5.10 Å². The molecule has 1 heterocycles. The summed E-state index contributed by atoms with van der Waals surface area (Å²) in [5.41, 5.74) is 7.48. The number of aromatic nitrogens is 2. The predicted molar refractivity (Wildman–Crippen MR) is 55.5 cm³/mol. The van der Waals surface area contributed by atoms with Gasteiger partial charge in [0, 0.05) is 6.07 Å². The SMILES string of the molecule is Cc1ccc(-n2[nH]c(=O)cc2N)cc1. The van der Waals surface area contributed by atoms with Gasteiger partial charge in [0.25, 0.3) is 5.56 Å². The average molecular weight is 189 g/mol. The Morgan fingerprint density at radius 3 is 2.43 bits per heavy atom. The van der Waals surface area contributed by atoms with E-state index in [4.69, 9.17) is 5.73 Å². The normalized spacial score (nSPS) is 10.4. The fraction of sp³-hybridized carbons (Fsp3) is 0.100. The summed E-state index contributed by atoms with van der Waals surface area (Å²) in [5, 5.41) is 2.62. The van der Waals surface area contributed by atoms with Crippen LogP contribution in [0.3, 0.4) is 0 Å². The molecule has 14 heavy (non-hydrogen) atoms. The minimum absolute atomic E-state index is 0.192. The number of aryl methyl sites for hydroxylation is 1. The van der Waals surface area contributed by atoms with E-state index in [-0.39, 0.29) is 5.56 Å². The van der Waals surface area contributed by atoms with Crippen LogP contribution in [-0.4, -0.2) is 9.78 Å². The Morgan fingerprint density at radius 1 is 1.29 bits per heavy atom. The summed E-state index contributed by atoms with van der Waals surface area (Å²) in [4.78, 5) is 11.0. The number of hydrogen-bond donors (Lipinski definition) is 2. The number of nitrogens with one attached hydrogen (secondary N) is 1. The first kappa shape index (κ1) is 8.62. The molecule has 4 heteroatoms. The molecule has 0 saturated heterocycles. The molecule has 0 saturated carbocycles. The third-order valence-corrected chi connectivity index (χ3v) is 2.05. The molecule has 0 spiro atoms. The molecule has 72 valence electrons. The number of aromatic amines is 1. The maximum absolute atomic E-state index is 11.0. The van der Waals surface area contributed by atoms with Crippen molar-refractivity contribution in [2.45, 2.75) is 6.92 Å². The highest BCUT2D eigenvalue weighted by atomic mass is 16.1. The Kier molecular flexibility index (Phi) is 1.89. The first-order chi connectivity index (χ1) is 6.66. The van der Waals surface area contributed by atoms with Crippen molar-refractivity contribution >= 4 is 5.82 Å². The lowest BCUT2D eigenvalue weighted by molar-refractivity contribution is 0.873. The van der Waals surface area contributed by atoms with Crippen LogP contribution >= 0.6 is 0 Å². The maximum atomic E-state index is 11.0. The molecule has 0 bridgehead atoms. The molecule has 2 rings (SSSR count). The van der Waals surface area contributed by atoms with Crippen LogP contribution < -0.4 is 11.3 Å². The summed E-state index contributed by atoms with van der Waals surface area (Å²) in [6, 6.07) is 9.10. The zero-order valence-corrected chi connectivity index (χ0v) is 7.82. The summed E-state index contributed by atoms with van der Waals surface area (Å²) in [6.45, 7) is 2.01. The lowest BCUT2D eigenvalue weighted by Gasteiger charge is -2.04. The van der Waals surface area contributed by atoms with Crippen LogP contribution in [0.25, 0.3) is 5.69 Å². The first-order valence-electron chi connectivity index (χ1n) is 4.31. The molecular weight excluding hydrogens is 178 g/mol. The molecule has 0 radical (unpaired) electrons. The number of hydrogen-bond acceptors (Lipinski definition) is 2. The van der Waals surface area contributed by atoms with Crippen LogP contribution in [0.2, 0.25) is 0 Å². The lowest BCUT2D eigenvalue weighted by atomic mass is 10.2. The summed E-state index contributed by atoms with van der Waals surface area (Å²) in [6.07, 6.45) is 0. The number of nitrogens with zero attached hydrogens (tertiary/aromatic N) is 1. The smallest absolute Gasteiger partial charge is 0.266 e. The minimum atomic E-state index is -0.192. The van der Waals surface area contributed by atoms with Crippen molar-refractivity contribution in [2.75, 3.05) is 5.73 Å². The number of benzene rings is 1. The van der Waals surface area contributed by atoms with Crippen LogP contribution in [0.4, 0.5) is 5.82 Å². The van der Waals surface area contributed by atoms with Gasteiger partial charge in [0.05, 0.1) is 5.69 Å². The molecule has 0 unspecified atom stereocenters. The predicted octanol–water partition coefficient (Wildman–Crippen LogP) is 1.06. The van der Waals surface area contributed by atoms with Gasteiger partial charge in [0.1, 0.15) is 5.82 Å². The lowest BCUT2D eigenvalue weighted by Crippen LogP contribution is -2.04. The second-order valence-electron chi connectivity index (χ2n) is 3.22. The van der Waals surface area contributed by atoms with Crippen molar-refractivity contribution < 1.29 is 0 Å². The molecule has 1 aromatic carbocycles. The molecule has 2 aromatic rings. The van der Waals surface area contributed by atoms with E-state index in [1.54, 1.807) is 4.68 Å². The molecule has 0 fully saturated rings. The van der Waals surface area contributed by atoms with E-state index in [0.29, 0.717) is 5.82 Å². The van der Waals surface area contributed by atoms with Crippen molar-refractivity contribution in [1.82, 2.24) is 9.78 Å². The first-order valence-corrected chi connectivity index (χ1v) is 4.31. The van der Waals surface area contributed by atoms with E-state index in [1.165, 1.54) is 11.6 Å². The van der Waals surface area contributed by atoms with Crippen molar-refractivity contribution in [1.29, 1.82) is 0 Å². The third-order valence-electron chi connectivity index (χ3n) is 2.05. The number of rotatable bonds is 1. The fourth-order valence-corrected chi connectivity index (χ4v) is 1.31. The molecule has 1 aromatic heterocycles. The Morgan fingerprint density at radius 2 is 1.93 bits per heavy atom. The van der Waals surface area contributed by atoms with Gasteiger partial charge in [-0.3, -0.25) is 9.89 Å². The maximum Gasteiger partial charge on any atom is 0.266 e. The highest BCUT2D eigenvalue weighted by Gasteiger charge is 2.01. The molecule has 0 amide bonds. The largest absolute Gasteiger partial charge is 0.384 e. The average Bonchev–Trinajstić information content (AvgIpc) is 2.47. The second-order valence-corrected chi connectivity index (χ2v) is 3.22. The van der Waals surface area contributed by atoms with E-state index >= 15 is 0 Å². The Bertz CT molecular complexity index is 493. The standard InChI is InChI=1S/C10H11N3O/c1-7-2-4-8(5-3-7)13-9(11)6-10(14)12-13/h2-6H,11H2,1H3,(H,12,14). The van der Waals surface area contributed by atoms with Gasteiger partial charge < -0.3 is 5.73 Å². The minimum Gasteiger partial charge on any atom is -0.384 e. The molecule has 0 atom stereocenters. The zero-order valence-electron chi connectivity index (χ0n) is 7.82. The van der Waals surface area contributed by atoms with Crippen LogP contribution in [0.15, 0.2) is 35.1 Å². The van der Waals surface area contributed by atoms with Crippen molar-refractivity contribution in [2.24, 2.45) is 0 Å². The molecule has 0 aliphatic heterocycles. The van der Waals surface area contributed by atoms with Crippen LogP contribution in [0, 0.1) is 6.92 Å². The molecule has 4 nitrogen and oxygen atoms in total. The fourth-order valence-electron chi connectivity index (χ4n) is 1.31. The van der Waals surface area contributed by atoms with Gasteiger partial charge in [-0.15, -0.1) is 0 Å². The van der Waals surface area contributed by atoms with Crippen molar-refractivity contribution in [3.8, 4) is 5.69 Å². The number of nitrogens with two attached hydrogens (primary N) is 1. The van der Waals surface area contributed by atoms with Gasteiger partial charge in [-0.25, -0.2) is 4.68 Å². The Hall–Kier alpha value is -1.97. The van der Waals surface area contributed by atoms with Gasteiger partial charge in [-0.2, -0.15) is 0 Å². The van der Waals surface area contributed by atoms with Crippen LogP contribution in [-0.2, 0) is 0 Å². The highest BCUT2D eigenvalue weighted by molar-refractivity contribution is 5.41. The zero-order chi connectivity index (χ0) is 10.1. The van der Waals surface area contributed by atoms with Crippen molar-refractivity contribution in [3.05, 3.63) is 46.2 Å². The van der Waals surface area contributed by atoms with Gasteiger partial charge in [0.2, 0.25) is 0 Å². The molecule has 0 aliphatic carbocycles. The van der Waals surface area contributed by atoms with Crippen molar-refractivity contribution in [3.63, 3.8) is 0 Å². The quantitative estimate of drug-likeness (QED) is 0.704. The van der Waals surface area contributed by atoms with Gasteiger partial charge in [-0.1, -0.05) is 17.7 Å². The number of anilines is 1. The summed E-state index contributed by atoms with van der Waals surface area (Å²) in [7, 11) is 0. The molecular formula is C10H11N3O. The van der Waals surface area contributed by atoms with Gasteiger partial charge in [-0.05, 0) is 19.1 Å². The van der Waals surface area contributed by atoms with E-state index in [1.807, 2.05) is 31.2 Å². The summed E-state index contributed by atoms with van der Waals surface area (Å²) >= 11 is 0. The Labute approximate surface area is 81.0 Å². The topological polar surface area (TPSA) is 63.8 Å². The second kappa shape index (κ2) is 3.06. The monoisotopic (exact) mass is 189 g/mol. The molecule has 0 aliphatic rings. The van der Waals surface area contributed by atoms with E-state index in [0.717, 1.165) is 5.69 Å². The van der Waals surface area contributed by atoms with Crippen LogP contribution in [0.5, 0.6) is 0 Å². The van der Waals surface area contributed by atoms with Gasteiger partial charge >= 0.3 is 0 Å².